The summed E-state index contributed by atoms with van der Waals surface area (Å²) in [6, 6.07) is 3.93. The van der Waals surface area contributed by atoms with Crippen molar-refractivity contribution in [3.8, 4) is 0 Å². The Morgan fingerprint density at radius 1 is 1.32 bits per heavy atom. The van der Waals surface area contributed by atoms with Crippen molar-refractivity contribution < 1.29 is 9.59 Å². The van der Waals surface area contributed by atoms with Gasteiger partial charge in [-0.2, -0.15) is 0 Å². The van der Waals surface area contributed by atoms with Crippen molar-refractivity contribution in [1.29, 1.82) is 0 Å². The van der Waals surface area contributed by atoms with Crippen LogP contribution < -0.4 is 5.32 Å². The fraction of sp³-hybridized carbons (Fsp3) is 0.500. The Labute approximate surface area is 156 Å². The van der Waals surface area contributed by atoms with Crippen molar-refractivity contribution in [3.63, 3.8) is 0 Å². The van der Waals surface area contributed by atoms with Gasteiger partial charge in [0.15, 0.2) is 0 Å². The first kappa shape index (κ1) is 18.1. The van der Waals surface area contributed by atoms with Crippen molar-refractivity contribution in [1.82, 2.24) is 15.2 Å². The van der Waals surface area contributed by atoms with E-state index >= 15 is 0 Å². The second-order valence-electron chi connectivity index (χ2n) is 6.39. The minimum Gasteiger partial charge on any atom is -0.356 e. The molecule has 1 aliphatic rings. The molecule has 0 aliphatic carbocycles. The highest BCUT2D eigenvalue weighted by molar-refractivity contribution is 7.13. The van der Waals surface area contributed by atoms with Gasteiger partial charge in [0, 0.05) is 49.2 Å². The van der Waals surface area contributed by atoms with Crippen molar-refractivity contribution in [3.05, 3.63) is 38.0 Å². The van der Waals surface area contributed by atoms with Crippen LogP contribution in [0.5, 0.6) is 0 Å². The summed E-state index contributed by atoms with van der Waals surface area (Å²) in [6.07, 6.45) is 2.70. The summed E-state index contributed by atoms with van der Waals surface area (Å²) in [4.78, 5) is 32.1. The van der Waals surface area contributed by atoms with Crippen LogP contribution in [0.1, 0.15) is 50.9 Å². The topological polar surface area (TPSA) is 62.3 Å². The number of aryl methyl sites for hydroxylation is 1. The molecule has 25 heavy (non-hydrogen) atoms. The molecule has 2 aromatic rings. The first-order chi connectivity index (χ1) is 12.0. The lowest BCUT2D eigenvalue weighted by atomic mass is 9.97. The smallest absolute Gasteiger partial charge is 0.263 e. The van der Waals surface area contributed by atoms with E-state index in [4.69, 9.17) is 4.98 Å². The molecule has 0 atom stereocenters. The molecular weight excluding hydrogens is 354 g/mol. The second kappa shape index (κ2) is 8.10. The maximum absolute atomic E-state index is 12.5. The zero-order valence-electron chi connectivity index (χ0n) is 14.6. The van der Waals surface area contributed by atoms with Crippen LogP contribution in [0.25, 0.3) is 0 Å². The third kappa shape index (κ3) is 4.67. The van der Waals surface area contributed by atoms with Crippen molar-refractivity contribution in [2.75, 3.05) is 19.6 Å². The van der Waals surface area contributed by atoms with Gasteiger partial charge in [-0.25, -0.2) is 4.98 Å². The maximum atomic E-state index is 12.5. The van der Waals surface area contributed by atoms with E-state index in [1.165, 1.54) is 11.8 Å². The van der Waals surface area contributed by atoms with E-state index < -0.39 is 0 Å². The first-order valence-corrected chi connectivity index (χ1v) is 10.3. The number of likely N-dealkylation sites (tertiary alicyclic amines) is 1. The molecule has 1 aliphatic heterocycles. The minimum absolute atomic E-state index is 0.00609. The Morgan fingerprint density at radius 2 is 2.08 bits per heavy atom. The molecule has 3 heterocycles. The van der Waals surface area contributed by atoms with Gasteiger partial charge in [-0.3, -0.25) is 9.59 Å². The minimum atomic E-state index is -0.00609. The third-order valence-electron chi connectivity index (χ3n) is 4.41. The number of hydrogen-bond acceptors (Lipinski definition) is 5. The summed E-state index contributed by atoms with van der Waals surface area (Å²) >= 11 is 3.27. The van der Waals surface area contributed by atoms with Gasteiger partial charge < -0.3 is 10.2 Å². The number of piperidine rings is 1. The molecule has 3 rings (SSSR count). The summed E-state index contributed by atoms with van der Waals surface area (Å²) in [5.74, 6) is 0.591. The average molecular weight is 378 g/mol. The molecule has 0 aromatic carbocycles. The van der Waals surface area contributed by atoms with Crippen LogP contribution in [-0.4, -0.2) is 41.3 Å². The van der Waals surface area contributed by atoms with Crippen LogP contribution in [0.2, 0.25) is 0 Å². The highest BCUT2D eigenvalue weighted by Gasteiger charge is 2.26. The molecule has 0 radical (unpaired) electrons. The quantitative estimate of drug-likeness (QED) is 0.870. The Morgan fingerprint density at radius 3 is 2.72 bits per heavy atom. The number of thiophene rings is 1. The lowest BCUT2D eigenvalue weighted by molar-refractivity contribution is -0.118. The van der Waals surface area contributed by atoms with Gasteiger partial charge in [-0.05, 0) is 31.9 Å². The normalized spacial score (nSPS) is 15.4. The highest BCUT2D eigenvalue weighted by atomic mass is 32.1. The third-order valence-corrected chi connectivity index (χ3v) is 6.45. The van der Waals surface area contributed by atoms with Gasteiger partial charge in [-0.1, -0.05) is 0 Å². The standard InChI is InChI=1S/C18H23N3O2S2/c1-12-3-4-16(25-12)18(23)21-9-6-14(7-10-21)17-20-15(11-24-17)5-8-19-13(2)22/h3-4,11,14H,5-10H2,1-2H3,(H,19,22). The maximum Gasteiger partial charge on any atom is 0.263 e. The molecule has 1 fully saturated rings. The molecule has 2 amide bonds. The van der Waals surface area contributed by atoms with Crippen molar-refractivity contribution in [2.24, 2.45) is 0 Å². The summed E-state index contributed by atoms with van der Waals surface area (Å²) in [6.45, 7) is 5.77. The lowest BCUT2D eigenvalue weighted by Crippen LogP contribution is -2.37. The molecule has 1 N–H and O–H groups in total. The van der Waals surface area contributed by atoms with E-state index in [0.717, 1.165) is 47.9 Å². The largest absolute Gasteiger partial charge is 0.356 e. The van der Waals surface area contributed by atoms with E-state index in [2.05, 4.69) is 10.7 Å². The monoisotopic (exact) mass is 377 g/mol. The predicted octanol–water partition coefficient (Wildman–Crippen LogP) is 3.21. The summed E-state index contributed by atoms with van der Waals surface area (Å²) in [7, 11) is 0. The average Bonchev–Trinajstić information content (AvgIpc) is 3.23. The Kier molecular flexibility index (Phi) is 5.86. The van der Waals surface area contributed by atoms with E-state index in [1.807, 2.05) is 24.0 Å². The molecule has 0 saturated carbocycles. The van der Waals surface area contributed by atoms with E-state index in [1.54, 1.807) is 22.7 Å². The molecule has 0 bridgehead atoms. The number of carbonyl (C=O) groups excluding carboxylic acids is 2. The number of nitrogens with one attached hydrogen (secondary N) is 1. The van der Waals surface area contributed by atoms with Crippen LogP contribution >= 0.6 is 22.7 Å². The zero-order chi connectivity index (χ0) is 17.8. The Balaban J connectivity index is 1.51. The molecular formula is C18H23N3O2S2. The number of thiazole rings is 1. The van der Waals surface area contributed by atoms with Crippen LogP contribution in [0.4, 0.5) is 0 Å². The van der Waals surface area contributed by atoms with Crippen LogP contribution in [0, 0.1) is 6.92 Å². The number of hydrogen-bond donors (Lipinski definition) is 1. The van der Waals surface area contributed by atoms with Gasteiger partial charge in [0.05, 0.1) is 15.6 Å². The SMILES string of the molecule is CC(=O)NCCc1csc(C2CCN(C(=O)c3ccc(C)s3)CC2)n1. The number of amides is 2. The van der Waals surface area contributed by atoms with Crippen molar-refractivity contribution >= 4 is 34.5 Å². The van der Waals surface area contributed by atoms with E-state index in [-0.39, 0.29) is 11.8 Å². The summed E-state index contributed by atoms with van der Waals surface area (Å²) in [5.41, 5.74) is 1.04. The van der Waals surface area contributed by atoms with E-state index in [0.29, 0.717) is 12.5 Å². The number of nitrogens with zero attached hydrogens (tertiary/aromatic N) is 2. The first-order valence-electron chi connectivity index (χ1n) is 8.57. The Hall–Kier alpha value is -1.73. The van der Waals surface area contributed by atoms with Crippen LogP contribution in [-0.2, 0) is 11.2 Å². The van der Waals surface area contributed by atoms with Gasteiger partial charge in [-0.15, -0.1) is 22.7 Å². The van der Waals surface area contributed by atoms with Gasteiger partial charge >= 0.3 is 0 Å². The molecule has 7 heteroatoms. The number of rotatable bonds is 5. The molecule has 134 valence electrons. The Bertz CT molecular complexity index is 745. The number of carbonyl (C=O) groups is 2. The van der Waals surface area contributed by atoms with Crippen molar-refractivity contribution in [2.45, 2.75) is 39.0 Å². The van der Waals surface area contributed by atoms with Gasteiger partial charge in [0.1, 0.15) is 0 Å². The highest BCUT2D eigenvalue weighted by Crippen LogP contribution is 2.31. The molecule has 0 unspecified atom stereocenters. The summed E-state index contributed by atoms with van der Waals surface area (Å²) < 4.78 is 0. The fourth-order valence-electron chi connectivity index (χ4n) is 3.03. The van der Waals surface area contributed by atoms with Crippen LogP contribution in [0.3, 0.4) is 0 Å². The molecule has 2 aromatic heterocycles. The molecule has 5 nitrogen and oxygen atoms in total. The molecule has 0 spiro atoms. The van der Waals surface area contributed by atoms with Crippen LogP contribution in [0.15, 0.2) is 17.5 Å². The van der Waals surface area contributed by atoms with Gasteiger partial charge in [0.25, 0.3) is 5.91 Å². The fourth-order valence-corrected chi connectivity index (χ4v) is 4.89. The number of aromatic nitrogens is 1. The van der Waals surface area contributed by atoms with Gasteiger partial charge in [0.2, 0.25) is 5.91 Å². The van der Waals surface area contributed by atoms with E-state index in [9.17, 15) is 9.59 Å². The zero-order valence-corrected chi connectivity index (χ0v) is 16.2. The second-order valence-corrected chi connectivity index (χ2v) is 8.56. The molecule has 1 saturated heterocycles. The summed E-state index contributed by atoms with van der Waals surface area (Å²) in [5, 5.41) is 6.05. The lowest BCUT2D eigenvalue weighted by Gasteiger charge is -2.30. The predicted molar refractivity (Wildman–Crippen MR) is 101 cm³/mol.